The maximum absolute atomic E-state index is 12.2. The van der Waals surface area contributed by atoms with Crippen LogP contribution >= 0.6 is 0 Å². The molecule has 1 atom stereocenters. The van der Waals surface area contributed by atoms with Crippen LogP contribution in [0.15, 0.2) is 60.7 Å². The number of carbonyl (C=O) groups is 1. The molecule has 0 saturated heterocycles. The van der Waals surface area contributed by atoms with E-state index in [1.165, 1.54) is 0 Å². The standard InChI is InChI=1S/C20H24O5/c1-3-22-14-15-23-16-20(2,17-10-6-4-7-11-17)25-19(21)24-18-12-8-5-9-13-18/h4-13H,3,14-16H2,1-2H3. The number of para-hydroxylation sites is 1. The molecule has 0 N–H and O–H groups in total. The third-order valence-electron chi connectivity index (χ3n) is 3.59. The van der Waals surface area contributed by atoms with Gasteiger partial charge in [-0.25, -0.2) is 4.79 Å². The van der Waals surface area contributed by atoms with Gasteiger partial charge in [-0.3, -0.25) is 0 Å². The second-order valence-electron chi connectivity index (χ2n) is 5.61. The number of benzene rings is 2. The Morgan fingerprint density at radius 3 is 2.16 bits per heavy atom. The van der Waals surface area contributed by atoms with Gasteiger partial charge in [0.15, 0.2) is 5.60 Å². The van der Waals surface area contributed by atoms with Crippen molar-refractivity contribution >= 4 is 6.16 Å². The van der Waals surface area contributed by atoms with Crippen LogP contribution in [0.1, 0.15) is 19.4 Å². The van der Waals surface area contributed by atoms with E-state index in [2.05, 4.69) is 0 Å². The lowest BCUT2D eigenvalue weighted by Gasteiger charge is -2.29. The molecule has 0 bridgehead atoms. The van der Waals surface area contributed by atoms with Crippen LogP contribution in [0.2, 0.25) is 0 Å². The van der Waals surface area contributed by atoms with Crippen LogP contribution in [0.25, 0.3) is 0 Å². The maximum atomic E-state index is 12.2. The van der Waals surface area contributed by atoms with Crippen LogP contribution in [0.4, 0.5) is 4.79 Å². The Hall–Kier alpha value is -2.37. The predicted molar refractivity (Wildman–Crippen MR) is 94.7 cm³/mol. The Morgan fingerprint density at radius 2 is 1.52 bits per heavy atom. The minimum absolute atomic E-state index is 0.202. The molecule has 0 fully saturated rings. The first kappa shape index (κ1) is 19.0. The van der Waals surface area contributed by atoms with Crippen molar-refractivity contribution in [3.05, 3.63) is 66.2 Å². The summed E-state index contributed by atoms with van der Waals surface area (Å²) in [7, 11) is 0. The molecular formula is C20H24O5. The minimum Gasteiger partial charge on any atom is -0.420 e. The molecule has 0 radical (unpaired) electrons. The molecule has 25 heavy (non-hydrogen) atoms. The molecule has 0 heterocycles. The van der Waals surface area contributed by atoms with Crippen LogP contribution in [-0.4, -0.2) is 32.6 Å². The van der Waals surface area contributed by atoms with Gasteiger partial charge < -0.3 is 18.9 Å². The van der Waals surface area contributed by atoms with Gasteiger partial charge in [0.2, 0.25) is 0 Å². The molecular weight excluding hydrogens is 320 g/mol. The fraction of sp³-hybridized carbons (Fsp3) is 0.350. The van der Waals surface area contributed by atoms with Crippen molar-refractivity contribution in [2.45, 2.75) is 19.4 Å². The van der Waals surface area contributed by atoms with E-state index in [1.54, 1.807) is 31.2 Å². The second kappa shape index (κ2) is 9.81. The summed E-state index contributed by atoms with van der Waals surface area (Å²) in [6.07, 6.45) is -0.772. The third kappa shape index (κ3) is 6.21. The van der Waals surface area contributed by atoms with Crippen molar-refractivity contribution in [1.29, 1.82) is 0 Å². The molecule has 0 amide bonds. The summed E-state index contributed by atoms with van der Waals surface area (Å²) in [5, 5.41) is 0. The topological polar surface area (TPSA) is 54.0 Å². The molecule has 2 aromatic rings. The summed E-state index contributed by atoms with van der Waals surface area (Å²) in [5.74, 6) is 0.431. The summed E-state index contributed by atoms with van der Waals surface area (Å²) in [6, 6.07) is 18.3. The highest BCUT2D eigenvalue weighted by molar-refractivity contribution is 5.64. The third-order valence-corrected chi connectivity index (χ3v) is 3.59. The second-order valence-corrected chi connectivity index (χ2v) is 5.61. The summed E-state index contributed by atoms with van der Waals surface area (Å²) in [6.45, 7) is 5.49. The van der Waals surface area contributed by atoms with Gasteiger partial charge in [-0.1, -0.05) is 48.5 Å². The van der Waals surface area contributed by atoms with E-state index in [1.807, 2.05) is 43.3 Å². The van der Waals surface area contributed by atoms with Gasteiger partial charge in [-0.05, 0) is 31.5 Å². The van der Waals surface area contributed by atoms with Crippen molar-refractivity contribution in [3.8, 4) is 5.75 Å². The molecule has 0 aliphatic carbocycles. The first-order valence-corrected chi connectivity index (χ1v) is 8.31. The molecule has 0 saturated carbocycles. The van der Waals surface area contributed by atoms with E-state index in [0.717, 1.165) is 5.56 Å². The van der Waals surface area contributed by atoms with Crippen molar-refractivity contribution in [2.24, 2.45) is 0 Å². The zero-order valence-corrected chi connectivity index (χ0v) is 14.6. The highest BCUT2D eigenvalue weighted by atomic mass is 16.7. The van der Waals surface area contributed by atoms with E-state index in [4.69, 9.17) is 18.9 Å². The highest BCUT2D eigenvalue weighted by Crippen LogP contribution is 2.27. The summed E-state index contributed by atoms with van der Waals surface area (Å²) in [4.78, 5) is 12.2. The first-order chi connectivity index (χ1) is 12.1. The molecule has 1 unspecified atom stereocenters. The van der Waals surface area contributed by atoms with E-state index in [-0.39, 0.29) is 6.61 Å². The number of carbonyl (C=O) groups excluding carboxylic acids is 1. The van der Waals surface area contributed by atoms with Crippen LogP contribution < -0.4 is 4.74 Å². The van der Waals surface area contributed by atoms with Crippen LogP contribution in [-0.2, 0) is 19.8 Å². The normalized spacial score (nSPS) is 13.0. The molecule has 2 rings (SSSR count). The average molecular weight is 344 g/mol. The zero-order valence-electron chi connectivity index (χ0n) is 14.6. The van der Waals surface area contributed by atoms with Gasteiger partial charge in [-0.15, -0.1) is 0 Å². The van der Waals surface area contributed by atoms with E-state index >= 15 is 0 Å². The van der Waals surface area contributed by atoms with Crippen molar-refractivity contribution in [3.63, 3.8) is 0 Å². The van der Waals surface area contributed by atoms with Crippen molar-refractivity contribution in [1.82, 2.24) is 0 Å². The van der Waals surface area contributed by atoms with Gasteiger partial charge in [0.25, 0.3) is 0 Å². The largest absolute Gasteiger partial charge is 0.514 e. The molecule has 134 valence electrons. The summed E-state index contributed by atoms with van der Waals surface area (Å²) < 4.78 is 21.7. The Kier molecular flexibility index (Phi) is 7.44. The maximum Gasteiger partial charge on any atom is 0.514 e. The van der Waals surface area contributed by atoms with E-state index in [0.29, 0.717) is 25.6 Å². The smallest absolute Gasteiger partial charge is 0.420 e. The van der Waals surface area contributed by atoms with Crippen LogP contribution in [0.5, 0.6) is 5.75 Å². The van der Waals surface area contributed by atoms with Gasteiger partial charge in [-0.2, -0.15) is 0 Å². The Morgan fingerprint density at radius 1 is 0.920 bits per heavy atom. The van der Waals surface area contributed by atoms with Gasteiger partial charge in [0.1, 0.15) is 5.75 Å². The molecule has 5 nitrogen and oxygen atoms in total. The quantitative estimate of drug-likeness (QED) is 0.388. The lowest BCUT2D eigenvalue weighted by molar-refractivity contribution is -0.0709. The lowest BCUT2D eigenvalue weighted by atomic mass is 9.97. The predicted octanol–water partition coefficient (Wildman–Crippen LogP) is 4.17. The fourth-order valence-electron chi connectivity index (χ4n) is 2.28. The van der Waals surface area contributed by atoms with Crippen molar-refractivity contribution < 1.29 is 23.7 Å². The van der Waals surface area contributed by atoms with Crippen LogP contribution in [0, 0.1) is 0 Å². The molecule has 0 aliphatic heterocycles. The monoisotopic (exact) mass is 344 g/mol. The first-order valence-electron chi connectivity index (χ1n) is 8.31. The fourth-order valence-corrected chi connectivity index (χ4v) is 2.28. The molecule has 5 heteroatoms. The van der Waals surface area contributed by atoms with E-state index in [9.17, 15) is 4.79 Å². The highest BCUT2D eigenvalue weighted by Gasteiger charge is 2.32. The van der Waals surface area contributed by atoms with Gasteiger partial charge >= 0.3 is 6.16 Å². The molecule has 0 aromatic heterocycles. The SMILES string of the molecule is CCOCCOCC(C)(OC(=O)Oc1ccccc1)c1ccccc1. The lowest BCUT2D eigenvalue weighted by Crippen LogP contribution is -2.35. The molecule has 0 aliphatic rings. The van der Waals surface area contributed by atoms with E-state index < -0.39 is 11.8 Å². The molecule has 0 spiro atoms. The average Bonchev–Trinajstić information content (AvgIpc) is 2.63. The van der Waals surface area contributed by atoms with Gasteiger partial charge in [0, 0.05) is 6.61 Å². The Labute approximate surface area is 148 Å². The van der Waals surface area contributed by atoms with Crippen molar-refractivity contribution in [2.75, 3.05) is 26.4 Å². The van der Waals surface area contributed by atoms with Crippen LogP contribution in [0.3, 0.4) is 0 Å². The number of hydrogen-bond donors (Lipinski definition) is 0. The summed E-state index contributed by atoms with van der Waals surface area (Å²) in [5.41, 5.74) is -0.129. The zero-order chi connectivity index (χ0) is 18.0. The summed E-state index contributed by atoms with van der Waals surface area (Å²) >= 11 is 0. The number of rotatable bonds is 9. The minimum atomic E-state index is -0.959. The number of ether oxygens (including phenoxy) is 4. The van der Waals surface area contributed by atoms with Gasteiger partial charge in [0.05, 0.1) is 19.8 Å². The Bertz CT molecular complexity index is 629. The Balaban J connectivity index is 2.02. The molecule has 2 aromatic carbocycles. The number of hydrogen-bond acceptors (Lipinski definition) is 5.